The zero-order valence-electron chi connectivity index (χ0n) is 13.4. The van der Waals surface area contributed by atoms with E-state index in [1.165, 1.54) is 16.7 Å². The van der Waals surface area contributed by atoms with E-state index < -0.39 is 6.09 Å². The fourth-order valence-corrected chi connectivity index (χ4v) is 2.76. The van der Waals surface area contributed by atoms with E-state index in [-0.39, 0.29) is 6.04 Å². The number of carboxylic acid groups (broad SMARTS) is 1. The average Bonchev–Trinajstić information content (AvgIpc) is 2.99. The molecule has 0 saturated heterocycles. The Hall–Kier alpha value is -2.68. The molecule has 0 aliphatic carbocycles. The summed E-state index contributed by atoms with van der Waals surface area (Å²) in [6.07, 6.45) is 7.48. The van der Waals surface area contributed by atoms with Crippen molar-refractivity contribution in [3.63, 3.8) is 0 Å². The third-order valence-electron chi connectivity index (χ3n) is 3.44. The van der Waals surface area contributed by atoms with E-state index in [1.807, 2.05) is 6.26 Å². The van der Waals surface area contributed by atoms with Gasteiger partial charge < -0.3 is 5.11 Å². The first kappa shape index (κ1) is 16.2. The summed E-state index contributed by atoms with van der Waals surface area (Å²) in [5.41, 5.74) is 1.93. The lowest BCUT2D eigenvalue weighted by Gasteiger charge is -2.22. The molecule has 3 rings (SSSR count). The highest BCUT2D eigenvalue weighted by Gasteiger charge is 2.23. The number of nitrogens with zero attached hydrogens (tertiary/aromatic N) is 6. The number of anilines is 1. The third-order valence-corrected chi connectivity index (χ3v) is 4.00. The number of hydrogen-bond donors (Lipinski definition) is 1. The highest BCUT2D eigenvalue weighted by Crippen LogP contribution is 2.25. The molecule has 0 saturated carbocycles. The lowest BCUT2D eigenvalue weighted by molar-refractivity contribution is 0.200. The van der Waals surface area contributed by atoms with Crippen LogP contribution in [0.25, 0.3) is 17.0 Å². The van der Waals surface area contributed by atoms with Crippen LogP contribution in [-0.2, 0) is 0 Å². The zero-order valence-corrected chi connectivity index (χ0v) is 14.2. The summed E-state index contributed by atoms with van der Waals surface area (Å²) in [6, 6.07) is 1.53. The number of hydrogen-bond acceptors (Lipinski definition) is 6. The van der Waals surface area contributed by atoms with Crippen molar-refractivity contribution >= 4 is 29.3 Å². The van der Waals surface area contributed by atoms with E-state index in [1.54, 1.807) is 49.1 Å². The van der Waals surface area contributed by atoms with Crippen LogP contribution in [0.2, 0.25) is 0 Å². The van der Waals surface area contributed by atoms with Gasteiger partial charge in [-0.05, 0) is 26.2 Å². The number of thioether (sulfide) groups is 1. The van der Waals surface area contributed by atoms with E-state index >= 15 is 0 Å². The van der Waals surface area contributed by atoms with Gasteiger partial charge in [0.05, 0.1) is 17.6 Å². The number of aromatic nitrogens is 5. The molecule has 1 N–H and O–H groups in total. The van der Waals surface area contributed by atoms with Crippen LogP contribution in [0.3, 0.4) is 0 Å². The molecule has 8 nitrogen and oxygen atoms in total. The Balaban J connectivity index is 2.17. The molecule has 0 fully saturated rings. The van der Waals surface area contributed by atoms with Gasteiger partial charge in [0.2, 0.25) is 0 Å². The predicted molar refractivity (Wildman–Crippen MR) is 91.4 cm³/mol. The van der Waals surface area contributed by atoms with Crippen LogP contribution in [0.15, 0.2) is 36.0 Å². The average molecular weight is 344 g/mol. The zero-order chi connectivity index (χ0) is 17.3. The summed E-state index contributed by atoms with van der Waals surface area (Å²) in [6.45, 7) is 3.58. The van der Waals surface area contributed by atoms with E-state index in [2.05, 4.69) is 19.9 Å². The molecule has 0 aliphatic heterocycles. The first-order valence-corrected chi connectivity index (χ1v) is 8.47. The molecule has 0 aliphatic rings. The number of fused-ring (bicyclic) bond motifs is 1. The Kier molecular flexibility index (Phi) is 4.34. The fraction of sp³-hybridized carbons (Fsp3) is 0.267. The van der Waals surface area contributed by atoms with Crippen molar-refractivity contribution in [2.75, 3.05) is 11.2 Å². The van der Waals surface area contributed by atoms with Crippen molar-refractivity contribution in [2.45, 2.75) is 25.0 Å². The van der Waals surface area contributed by atoms with Crippen LogP contribution in [0.5, 0.6) is 0 Å². The summed E-state index contributed by atoms with van der Waals surface area (Å²) in [5, 5.41) is 10.1. The molecule has 0 unspecified atom stereocenters. The quantitative estimate of drug-likeness (QED) is 0.574. The first-order chi connectivity index (χ1) is 11.5. The second-order valence-corrected chi connectivity index (χ2v) is 6.04. The van der Waals surface area contributed by atoms with Crippen LogP contribution in [0.4, 0.5) is 10.6 Å². The SMILES string of the molecule is CSc1nccc(-c2cnc3c(N(C(=O)O)C(C)C)nccn23)n1. The van der Waals surface area contributed by atoms with Gasteiger partial charge in [-0.15, -0.1) is 0 Å². The molecule has 0 aromatic carbocycles. The number of amides is 1. The summed E-state index contributed by atoms with van der Waals surface area (Å²) in [4.78, 5) is 30.0. The van der Waals surface area contributed by atoms with Gasteiger partial charge in [0.25, 0.3) is 0 Å². The van der Waals surface area contributed by atoms with Crippen molar-refractivity contribution in [3.05, 3.63) is 30.9 Å². The van der Waals surface area contributed by atoms with E-state index in [0.717, 1.165) is 5.69 Å². The van der Waals surface area contributed by atoms with Crippen molar-refractivity contribution in [2.24, 2.45) is 0 Å². The van der Waals surface area contributed by atoms with Gasteiger partial charge in [0.15, 0.2) is 16.6 Å². The molecule has 3 heterocycles. The highest BCUT2D eigenvalue weighted by atomic mass is 32.2. The molecule has 24 heavy (non-hydrogen) atoms. The van der Waals surface area contributed by atoms with Gasteiger partial charge in [-0.1, -0.05) is 11.8 Å². The first-order valence-electron chi connectivity index (χ1n) is 7.24. The molecule has 124 valence electrons. The largest absolute Gasteiger partial charge is 0.465 e. The molecule has 1 amide bonds. The third kappa shape index (κ3) is 2.78. The van der Waals surface area contributed by atoms with E-state index in [4.69, 9.17) is 0 Å². The van der Waals surface area contributed by atoms with Crippen LogP contribution in [0.1, 0.15) is 13.8 Å². The van der Waals surface area contributed by atoms with Crippen LogP contribution in [-0.4, -0.2) is 47.8 Å². The molecule has 0 bridgehead atoms. The van der Waals surface area contributed by atoms with E-state index in [0.29, 0.717) is 22.3 Å². The normalized spacial score (nSPS) is 11.2. The maximum atomic E-state index is 11.6. The number of rotatable bonds is 4. The van der Waals surface area contributed by atoms with Crippen molar-refractivity contribution < 1.29 is 9.90 Å². The molecule has 3 aromatic rings. The maximum absolute atomic E-state index is 11.6. The monoisotopic (exact) mass is 344 g/mol. The number of imidazole rings is 1. The summed E-state index contributed by atoms with van der Waals surface area (Å²) in [5.74, 6) is 0.297. The highest BCUT2D eigenvalue weighted by molar-refractivity contribution is 7.98. The van der Waals surface area contributed by atoms with Gasteiger partial charge in [-0.25, -0.2) is 24.7 Å². The lowest BCUT2D eigenvalue weighted by atomic mass is 10.3. The second-order valence-electron chi connectivity index (χ2n) is 5.26. The minimum Gasteiger partial charge on any atom is -0.465 e. The minimum absolute atomic E-state index is 0.261. The molecule has 0 atom stereocenters. The predicted octanol–water partition coefficient (Wildman–Crippen LogP) is 2.80. The van der Waals surface area contributed by atoms with Crippen molar-refractivity contribution in [3.8, 4) is 11.4 Å². The fourth-order valence-electron chi connectivity index (χ4n) is 2.40. The number of carbonyl (C=O) groups is 1. The Morgan fingerprint density at radius 2 is 2.08 bits per heavy atom. The molecular formula is C15H16N6O2S. The van der Waals surface area contributed by atoms with Crippen molar-refractivity contribution in [1.29, 1.82) is 0 Å². The standard InChI is InChI=1S/C15H16N6O2S/c1-9(2)21(15(22)23)13-12-18-8-11(20(12)7-6-16-13)10-4-5-17-14(19-10)24-3/h4-9H,1-3H3,(H,22,23). The van der Waals surface area contributed by atoms with Gasteiger partial charge >= 0.3 is 6.09 Å². The van der Waals surface area contributed by atoms with Crippen molar-refractivity contribution in [1.82, 2.24) is 24.3 Å². The van der Waals surface area contributed by atoms with E-state index in [9.17, 15) is 9.90 Å². The van der Waals surface area contributed by atoms with Crippen LogP contribution in [0, 0.1) is 0 Å². The van der Waals surface area contributed by atoms with Crippen LogP contribution >= 0.6 is 11.8 Å². The topological polar surface area (TPSA) is 96.5 Å². The Bertz CT molecular complexity index is 895. The Morgan fingerprint density at radius 3 is 2.75 bits per heavy atom. The van der Waals surface area contributed by atoms with Gasteiger partial charge in [-0.3, -0.25) is 9.30 Å². The molecular weight excluding hydrogens is 328 g/mol. The minimum atomic E-state index is -1.07. The summed E-state index contributed by atoms with van der Waals surface area (Å²) >= 11 is 1.45. The van der Waals surface area contributed by atoms with Gasteiger partial charge in [0, 0.05) is 24.6 Å². The summed E-state index contributed by atoms with van der Waals surface area (Å²) in [7, 11) is 0. The molecule has 9 heteroatoms. The smallest absolute Gasteiger partial charge is 0.413 e. The maximum Gasteiger partial charge on any atom is 0.413 e. The summed E-state index contributed by atoms with van der Waals surface area (Å²) < 4.78 is 1.78. The van der Waals surface area contributed by atoms with Crippen LogP contribution < -0.4 is 4.90 Å². The molecule has 0 radical (unpaired) electrons. The van der Waals surface area contributed by atoms with Gasteiger partial charge in [-0.2, -0.15) is 0 Å². The van der Waals surface area contributed by atoms with Gasteiger partial charge in [0.1, 0.15) is 0 Å². The second kappa shape index (κ2) is 6.44. The Morgan fingerprint density at radius 1 is 1.29 bits per heavy atom. The molecule has 0 spiro atoms. The Labute approximate surface area is 142 Å². The lowest BCUT2D eigenvalue weighted by Crippen LogP contribution is -2.36. The molecule has 3 aromatic heterocycles.